The molecule has 140 valence electrons. The number of benzene rings is 2. The van der Waals surface area contributed by atoms with E-state index in [-0.39, 0.29) is 17.5 Å². The summed E-state index contributed by atoms with van der Waals surface area (Å²) in [7, 11) is 1.54. The molecule has 0 fully saturated rings. The van der Waals surface area contributed by atoms with Gasteiger partial charge in [-0.1, -0.05) is 23.9 Å². The Balaban J connectivity index is 1.47. The SMILES string of the molecule is COc1ccccc1NC(=O)CSc1nnc(CNc2ccc(F)cc2)o1. The van der Waals surface area contributed by atoms with E-state index in [2.05, 4.69) is 20.8 Å². The third-order valence-corrected chi connectivity index (χ3v) is 4.26. The molecule has 1 heterocycles. The van der Waals surface area contributed by atoms with Gasteiger partial charge >= 0.3 is 0 Å². The summed E-state index contributed by atoms with van der Waals surface area (Å²) in [4.78, 5) is 12.1. The van der Waals surface area contributed by atoms with Crippen molar-refractivity contribution in [1.82, 2.24) is 10.2 Å². The molecule has 0 unspecified atom stereocenters. The summed E-state index contributed by atoms with van der Waals surface area (Å²) in [5.41, 5.74) is 1.33. The average Bonchev–Trinajstić information content (AvgIpc) is 3.14. The minimum absolute atomic E-state index is 0.116. The number of rotatable bonds is 8. The van der Waals surface area contributed by atoms with Gasteiger partial charge in [0.15, 0.2) is 0 Å². The number of thioether (sulfide) groups is 1. The molecule has 1 amide bonds. The highest BCUT2D eigenvalue weighted by atomic mass is 32.2. The van der Waals surface area contributed by atoms with Crippen molar-refractivity contribution in [3.05, 3.63) is 60.2 Å². The van der Waals surface area contributed by atoms with Gasteiger partial charge in [0.05, 0.1) is 25.1 Å². The molecule has 2 aromatic carbocycles. The first-order chi connectivity index (χ1) is 13.1. The minimum atomic E-state index is -0.302. The lowest BCUT2D eigenvalue weighted by atomic mass is 10.3. The number of para-hydroxylation sites is 2. The highest BCUT2D eigenvalue weighted by Gasteiger charge is 2.11. The maximum Gasteiger partial charge on any atom is 0.277 e. The van der Waals surface area contributed by atoms with Crippen molar-refractivity contribution in [3.8, 4) is 5.75 Å². The third-order valence-electron chi connectivity index (χ3n) is 3.44. The van der Waals surface area contributed by atoms with Gasteiger partial charge in [0.1, 0.15) is 11.6 Å². The molecule has 0 radical (unpaired) electrons. The van der Waals surface area contributed by atoms with Crippen molar-refractivity contribution in [1.29, 1.82) is 0 Å². The van der Waals surface area contributed by atoms with Crippen LogP contribution in [0.1, 0.15) is 5.89 Å². The van der Waals surface area contributed by atoms with Crippen molar-refractivity contribution < 1.29 is 18.3 Å². The topological polar surface area (TPSA) is 89.3 Å². The predicted molar refractivity (Wildman–Crippen MR) is 100 cm³/mol. The van der Waals surface area contributed by atoms with Gasteiger partial charge in [0.2, 0.25) is 11.8 Å². The Bertz CT molecular complexity index is 902. The monoisotopic (exact) mass is 388 g/mol. The molecule has 3 rings (SSSR count). The summed E-state index contributed by atoms with van der Waals surface area (Å²) in [5, 5.41) is 13.9. The Hall–Kier alpha value is -3.07. The lowest BCUT2D eigenvalue weighted by Crippen LogP contribution is -2.14. The molecule has 0 bridgehead atoms. The highest BCUT2D eigenvalue weighted by molar-refractivity contribution is 7.99. The van der Waals surface area contributed by atoms with Crippen LogP contribution >= 0.6 is 11.8 Å². The molecular weight excluding hydrogens is 371 g/mol. The van der Waals surface area contributed by atoms with Crippen molar-refractivity contribution in [3.63, 3.8) is 0 Å². The number of hydrogen-bond donors (Lipinski definition) is 2. The van der Waals surface area contributed by atoms with Crippen molar-refractivity contribution in [2.45, 2.75) is 11.8 Å². The Morgan fingerprint density at radius 3 is 2.74 bits per heavy atom. The summed E-state index contributed by atoms with van der Waals surface area (Å²) in [5.74, 6) is 0.553. The fourth-order valence-electron chi connectivity index (χ4n) is 2.17. The smallest absolute Gasteiger partial charge is 0.277 e. The average molecular weight is 388 g/mol. The van der Waals surface area contributed by atoms with Gasteiger partial charge in [-0.3, -0.25) is 4.79 Å². The number of carbonyl (C=O) groups is 1. The van der Waals surface area contributed by atoms with Crippen LogP contribution in [-0.4, -0.2) is 29.0 Å². The second kappa shape index (κ2) is 9.04. The molecule has 0 spiro atoms. The largest absolute Gasteiger partial charge is 0.495 e. The summed E-state index contributed by atoms with van der Waals surface area (Å²) in [6.45, 7) is 0.298. The van der Waals surface area contributed by atoms with Crippen LogP contribution in [0.25, 0.3) is 0 Å². The van der Waals surface area contributed by atoms with E-state index in [9.17, 15) is 9.18 Å². The first kappa shape index (κ1) is 18.7. The molecule has 9 heteroatoms. The van der Waals surface area contributed by atoms with Gasteiger partial charge in [-0.2, -0.15) is 0 Å². The zero-order valence-corrected chi connectivity index (χ0v) is 15.3. The van der Waals surface area contributed by atoms with Gasteiger partial charge in [0.25, 0.3) is 5.22 Å². The van der Waals surface area contributed by atoms with Gasteiger partial charge in [-0.15, -0.1) is 10.2 Å². The predicted octanol–water partition coefficient (Wildman–Crippen LogP) is 3.56. The number of anilines is 2. The Labute approximate surface area is 159 Å². The lowest BCUT2D eigenvalue weighted by molar-refractivity contribution is -0.113. The number of aromatic nitrogens is 2. The Morgan fingerprint density at radius 2 is 1.96 bits per heavy atom. The fraction of sp³-hybridized carbons (Fsp3) is 0.167. The maximum atomic E-state index is 12.9. The number of ether oxygens (including phenoxy) is 1. The number of nitrogens with one attached hydrogen (secondary N) is 2. The molecule has 0 aliphatic carbocycles. The fourth-order valence-corrected chi connectivity index (χ4v) is 2.76. The number of hydrogen-bond acceptors (Lipinski definition) is 7. The molecule has 2 N–H and O–H groups in total. The van der Waals surface area contributed by atoms with Crippen molar-refractivity contribution in [2.75, 3.05) is 23.5 Å². The van der Waals surface area contributed by atoms with Crippen LogP contribution in [0.5, 0.6) is 5.75 Å². The Morgan fingerprint density at radius 1 is 1.19 bits per heavy atom. The summed E-state index contributed by atoms with van der Waals surface area (Å²) < 4.78 is 23.5. The molecule has 27 heavy (non-hydrogen) atoms. The second-order valence-electron chi connectivity index (χ2n) is 5.36. The van der Waals surface area contributed by atoms with Crippen LogP contribution < -0.4 is 15.4 Å². The van der Waals surface area contributed by atoms with Gasteiger partial charge < -0.3 is 19.8 Å². The minimum Gasteiger partial charge on any atom is -0.495 e. The second-order valence-corrected chi connectivity index (χ2v) is 6.29. The number of nitrogens with zero attached hydrogens (tertiary/aromatic N) is 2. The first-order valence-corrected chi connectivity index (χ1v) is 9.00. The molecule has 7 nitrogen and oxygen atoms in total. The molecule has 0 atom stereocenters. The van der Waals surface area contributed by atoms with Crippen molar-refractivity contribution >= 4 is 29.0 Å². The van der Waals surface area contributed by atoms with Crippen LogP contribution in [0, 0.1) is 5.82 Å². The number of methoxy groups -OCH3 is 1. The summed E-state index contributed by atoms with van der Waals surface area (Å²) >= 11 is 1.14. The standard InChI is InChI=1S/C18H17FN4O3S/c1-25-15-5-3-2-4-14(15)21-16(24)11-27-18-23-22-17(26-18)10-20-13-8-6-12(19)7-9-13/h2-9,20H,10-11H2,1H3,(H,21,24). The number of halogens is 1. The normalized spacial score (nSPS) is 10.4. The van der Waals surface area contributed by atoms with E-state index in [4.69, 9.17) is 9.15 Å². The lowest BCUT2D eigenvalue weighted by Gasteiger charge is -2.08. The molecule has 0 saturated heterocycles. The number of amides is 1. The number of carbonyl (C=O) groups excluding carboxylic acids is 1. The molecular formula is C18H17FN4O3S. The van der Waals surface area contributed by atoms with Crippen LogP contribution in [0.2, 0.25) is 0 Å². The van der Waals surface area contributed by atoms with E-state index in [1.807, 2.05) is 12.1 Å². The zero-order chi connectivity index (χ0) is 19.1. The van der Waals surface area contributed by atoms with E-state index in [0.29, 0.717) is 29.1 Å². The third kappa shape index (κ3) is 5.45. The van der Waals surface area contributed by atoms with Crippen LogP contribution in [-0.2, 0) is 11.3 Å². The summed E-state index contributed by atoms with van der Waals surface area (Å²) in [6.07, 6.45) is 0. The van der Waals surface area contributed by atoms with Gasteiger partial charge in [-0.05, 0) is 36.4 Å². The quantitative estimate of drug-likeness (QED) is 0.570. The van der Waals surface area contributed by atoms with E-state index < -0.39 is 0 Å². The van der Waals surface area contributed by atoms with Gasteiger partial charge in [-0.25, -0.2) is 4.39 Å². The van der Waals surface area contributed by atoms with Gasteiger partial charge in [0, 0.05) is 5.69 Å². The molecule has 3 aromatic rings. The highest BCUT2D eigenvalue weighted by Crippen LogP contribution is 2.24. The van der Waals surface area contributed by atoms with Crippen LogP contribution in [0.3, 0.4) is 0 Å². The maximum absolute atomic E-state index is 12.9. The van der Waals surface area contributed by atoms with E-state index in [1.54, 1.807) is 31.4 Å². The zero-order valence-electron chi connectivity index (χ0n) is 14.4. The van der Waals surface area contributed by atoms with E-state index >= 15 is 0 Å². The van der Waals surface area contributed by atoms with Crippen molar-refractivity contribution in [2.24, 2.45) is 0 Å². The summed E-state index contributed by atoms with van der Waals surface area (Å²) in [6, 6.07) is 13.1. The molecule has 1 aromatic heterocycles. The first-order valence-electron chi connectivity index (χ1n) is 8.01. The molecule has 0 aliphatic heterocycles. The molecule has 0 aliphatic rings. The molecule has 0 saturated carbocycles. The van der Waals surface area contributed by atoms with E-state index in [0.717, 1.165) is 17.4 Å². The van der Waals surface area contributed by atoms with Crippen LogP contribution in [0.15, 0.2) is 58.2 Å². The Kier molecular flexibility index (Phi) is 6.26. The van der Waals surface area contributed by atoms with Crippen LogP contribution in [0.4, 0.5) is 15.8 Å². The van der Waals surface area contributed by atoms with E-state index in [1.165, 1.54) is 12.1 Å².